The zero-order valence-electron chi connectivity index (χ0n) is 8.47. The van der Waals surface area contributed by atoms with Crippen molar-refractivity contribution in [3.05, 3.63) is 53.7 Å². The van der Waals surface area contributed by atoms with E-state index in [1.54, 1.807) is 12.5 Å². The minimum atomic E-state index is -0.193. The number of hydrazine groups is 1. The largest absolute Gasteiger partial charge is 0.467 e. The molecule has 4 nitrogen and oxygen atoms in total. The van der Waals surface area contributed by atoms with Crippen molar-refractivity contribution in [2.24, 2.45) is 5.84 Å². The van der Waals surface area contributed by atoms with Crippen LogP contribution in [-0.4, -0.2) is 4.98 Å². The Balaban J connectivity index is 2.40. The van der Waals surface area contributed by atoms with E-state index in [0.29, 0.717) is 0 Å². The van der Waals surface area contributed by atoms with Gasteiger partial charge >= 0.3 is 0 Å². The molecule has 2 aromatic rings. The van der Waals surface area contributed by atoms with Crippen LogP contribution in [0.5, 0.6) is 0 Å². The van der Waals surface area contributed by atoms with Crippen LogP contribution in [0.4, 0.5) is 0 Å². The minimum absolute atomic E-state index is 0.193. The van der Waals surface area contributed by atoms with Gasteiger partial charge in [-0.3, -0.25) is 10.8 Å². The van der Waals surface area contributed by atoms with Crippen molar-refractivity contribution < 1.29 is 4.42 Å². The van der Waals surface area contributed by atoms with Gasteiger partial charge in [-0.25, -0.2) is 5.43 Å². The van der Waals surface area contributed by atoms with E-state index in [4.69, 9.17) is 10.3 Å². The molecule has 0 saturated heterocycles. The second-order valence-corrected chi connectivity index (χ2v) is 3.32. The zero-order chi connectivity index (χ0) is 10.7. The van der Waals surface area contributed by atoms with E-state index in [0.717, 1.165) is 17.0 Å². The topological polar surface area (TPSA) is 64.1 Å². The molecule has 4 heteroatoms. The van der Waals surface area contributed by atoms with E-state index >= 15 is 0 Å². The summed E-state index contributed by atoms with van der Waals surface area (Å²) < 4.78 is 5.31. The number of furan rings is 1. The third-order valence-corrected chi connectivity index (χ3v) is 2.32. The van der Waals surface area contributed by atoms with Crippen LogP contribution in [0.3, 0.4) is 0 Å². The first-order valence-electron chi connectivity index (χ1n) is 4.74. The first-order chi connectivity index (χ1) is 7.33. The van der Waals surface area contributed by atoms with Crippen molar-refractivity contribution in [1.82, 2.24) is 10.4 Å². The van der Waals surface area contributed by atoms with Gasteiger partial charge in [-0.2, -0.15) is 0 Å². The molecule has 2 aromatic heterocycles. The van der Waals surface area contributed by atoms with Crippen molar-refractivity contribution in [1.29, 1.82) is 0 Å². The van der Waals surface area contributed by atoms with Crippen LogP contribution < -0.4 is 11.3 Å². The first kappa shape index (κ1) is 9.89. The van der Waals surface area contributed by atoms with E-state index in [9.17, 15) is 0 Å². The average Bonchev–Trinajstić information content (AvgIpc) is 2.75. The molecule has 0 spiro atoms. The standard InChI is InChI=1S/C11H13N3O/c1-8-4-2-6-13-10(8)11(14-12)9-5-3-7-15-9/h2-7,11,14H,12H2,1H3. The molecular formula is C11H13N3O. The molecule has 0 saturated carbocycles. The van der Waals surface area contributed by atoms with Gasteiger partial charge in [0.05, 0.1) is 12.0 Å². The molecule has 0 bridgehead atoms. The maximum Gasteiger partial charge on any atom is 0.128 e. The summed E-state index contributed by atoms with van der Waals surface area (Å²) in [5.74, 6) is 6.28. The Morgan fingerprint density at radius 3 is 2.87 bits per heavy atom. The van der Waals surface area contributed by atoms with Crippen molar-refractivity contribution in [2.45, 2.75) is 13.0 Å². The number of aromatic nitrogens is 1. The number of rotatable bonds is 3. The number of pyridine rings is 1. The summed E-state index contributed by atoms with van der Waals surface area (Å²) >= 11 is 0. The fraction of sp³-hybridized carbons (Fsp3) is 0.182. The van der Waals surface area contributed by atoms with E-state index in [2.05, 4.69) is 10.4 Å². The molecule has 0 aromatic carbocycles. The summed E-state index contributed by atoms with van der Waals surface area (Å²) in [4.78, 5) is 4.30. The predicted octanol–water partition coefficient (Wildman–Crippen LogP) is 1.54. The molecule has 2 heterocycles. The second kappa shape index (κ2) is 4.25. The van der Waals surface area contributed by atoms with Gasteiger partial charge in [0.1, 0.15) is 11.8 Å². The predicted molar refractivity (Wildman–Crippen MR) is 56.8 cm³/mol. The number of aryl methyl sites for hydroxylation is 1. The highest BCUT2D eigenvalue weighted by Gasteiger charge is 2.17. The van der Waals surface area contributed by atoms with Crippen LogP contribution in [0.25, 0.3) is 0 Å². The number of nitrogens with two attached hydrogens (primary N) is 1. The van der Waals surface area contributed by atoms with Crippen LogP contribution in [0, 0.1) is 6.92 Å². The summed E-state index contributed by atoms with van der Waals surface area (Å²) in [6.07, 6.45) is 3.37. The molecule has 3 N–H and O–H groups in total. The van der Waals surface area contributed by atoms with Crippen LogP contribution in [0.15, 0.2) is 41.1 Å². The number of nitrogens with one attached hydrogen (secondary N) is 1. The van der Waals surface area contributed by atoms with Crippen LogP contribution in [0.1, 0.15) is 23.1 Å². The van der Waals surface area contributed by atoms with E-state index < -0.39 is 0 Å². The van der Waals surface area contributed by atoms with Gasteiger partial charge in [0.2, 0.25) is 0 Å². The molecule has 0 aliphatic rings. The summed E-state index contributed by atoms with van der Waals surface area (Å²) in [5, 5.41) is 0. The van der Waals surface area contributed by atoms with Crippen molar-refractivity contribution in [3.8, 4) is 0 Å². The molecule has 1 atom stereocenters. The quantitative estimate of drug-likeness (QED) is 0.586. The lowest BCUT2D eigenvalue weighted by Crippen LogP contribution is -2.29. The Kier molecular flexibility index (Phi) is 2.80. The highest BCUT2D eigenvalue weighted by atomic mass is 16.3. The molecule has 15 heavy (non-hydrogen) atoms. The Labute approximate surface area is 88.1 Å². The van der Waals surface area contributed by atoms with Gasteiger partial charge in [0.15, 0.2) is 0 Å². The molecular weight excluding hydrogens is 190 g/mol. The molecule has 78 valence electrons. The average molecular weight is 203 g/mol. The third-order valence-electron chi connectivity index (χ3n) is 2.32. The summed E-state index contributed by atoms with van der Waals surface area (Å²) in [6.45, 7) is 2.00. The molecule has 0 aliphatic heterocycles. The van der Waals surface area contributed by atoms with E-state index in [1.807, 2.05) is 31.2 Å². The first-order valence-corrected chi connectivity index (χ1v) is 4.74. The third kappa shape index (κ3) is 1.91. The van der Waals surface area contributed by atoms with Crippen LogP contribution in [0.2, 0.25) is 0 Å². The van der Waals surface area contributed by atoms with Crippen molar-refractivity contribution >= 4 is 0 Å². The highest BCUT2D eigenvalue weighted by Crippen LogP contribution is 2.22. The fourth-order valence-corrected chi connectivity index (χ4v) is 1.55. The van der Waals surface area contributed by atoms with Gasteiger partial charge in [-0.1, -0.05) is 6.07 Å². The number of nitrogens with zero attached hydrogens (tertiary/aromatic N) is 1. The Hall–Kier alpha value is -1.65. The van der Waals surface area contributed by atoms with Crippen molar-refractivity contribution in [3.63, 3.8) is 0 Å². The minimum Gasteiger partial charge on any atom is -0.467 e. The second-order valence-electron chi connectivity index (χ2n) is 3.32. The van der Waals surface area contributed by atoms with Gasteiger partial charge in [-0.15, -0.1) is 0 Å². The zero-order valence-corrected chi connectivity index (χ0v) is 8.47. The number of hydrogen-bond acceptors (Lipinski definition) is 4. The van der Waals surface area contributed by atoms with Crippen molar-refractivity contribution in [2.75, 3.05) is 0 Å². The lowest BCUT2D eigenvalue weighted by molar-refractivity contribution is 0.446. The Bertz CT molecular complexity index is 425. The Morgan fingerprint density at radius 1 is 1.40 bits per heavy atom. The summed E-state index contributed by atoms with van der Waals surface area (Å²) in [6, 6.07) is 7.40. The molecule has 1 unspecified atom stereocenters. The SMILES string of the molecule is Cc1cccnc1C(NN)c1ccco1. The maximum absolute atomic E-state index is 5.51. The molecule has 0 aliphatic carbocycles. The highest BCUT2D eigenvalue weighted by molar-refractivity contribution is 5.27. The summed E-state index contributed by atoms with van der Waals surface area (Å²) in [7, 11) is 0. The summed E-state index contributed by atoms with van der Waals surface area (Å²) in [5.41, 5.74) is 4.67. The maximum atomic E-state index is 5.51. The van der Waals surface area contributed by atoms with E-state index in [-0.39, 0.29) is 6.04 Å². The fourth-order valence-electron chi connectivity index (χ4n) is 1.55. The van der Waals surface area contributed by atoms with Crippen LogP contribution >= 0.6 is 0 Å². The molecule has 0 radical (unpaired) electrons. The lowest BCUT2D eigenvalue weighted by Gasteiger charge is -2.14. The molecule has 2 rings (SSSR count). The van der Waals surface area contributed by atoms with Gasteiger partial charge in [0.25, 0.3) is 0 Å². The molecule has 0 fully saturated rings. The van der Waals surface area contributed by atoms with E-state index in [1.165, 1.54) is 0 Å². The normalized spacial score (nSPS) is 12.7. The Morgan fingerprint density at radius 2 is 2.27 bits per heavy atom. The van der Waals surface area contributed by atoms with Gasteiger partial charge in [0, 0.05) is 6.20 Å². The monoisotopic (exact) mass is 203 g/mol. The molecule has 0 amide bonds. The van der Waals surface area contributed by atoms with Gasteiger partial charge in [-0.05, 0) is 30.7 Å². The van der Waals surface area contributed by atoms with Crippen LogP contribution in [-0.2, 0) is 0 Å². The van der Waals surface area contributed by atoms with Gasteiger partial charge < -0.3 is 4.42 Å². The smallest absolute Gasteiger partial charge is 0.128 e. The number of hydrogen-bond donors (Lipinski definition) is 2. The lowest BCUT2D eigenvalue weighted by atomic mass is 10.1.